The molecule has 0 bridgehead atoms. The number of carbonyl (C=O) groups excluding carboxylic acids is 1. The summed E-state index contributed by atoms with van der Waals surface area (Å²) in [6, 6.07) is 12.0. The average molecular weight is 345 g/mol. The molecule has 2 aromatic carbocycles. The van der Waals surface area contributed by atoms with Gasteiger partial charge in [0.1, 0.15) is 5.84 Å². The van der Waals surface area contributed by atoms with E-state index in [9.17, 15) is 4.79 Å². The number of hydrogen-bond acceptors (Lipinski definition) is 5. The zero-order valence-corrected chi connectivity index (χ0v) is 15.0. The number of benzene rings is 2. The molecule has 3 heterocycles. The number of Topliss-reactive ketones (excluding diaryl/α,β-unsaturated/α-hetero) is 1. The number of carbonyl (C=O) groups is 1. The predicted molar refractivity (Wildman–Crippen MR) is 101 cm³/mol. The molecule has 5 heteroatoms. The van der Waals surface area contributed by atoms with E-state index in [1.165, 1.54) is 0 Å². The molecule has 0 unspecified atom stereocenters. The summed E-state index contributed by atoms with van der Waals surface area (Å²) in [7, 11) is 0. The number of fused-ring (bicyclic) bond motifs is 3. The van der Waals surface area contributed by atoms with Crippen LogP contribution in [0.5, 0.6) is 0 Å². The summed E-state index contributed by atoms with van der Waals surface area (Å²) < 4.78 is 5.42. The van der Waals surface area contributed by atoms with Crippen LogP contribution in [0.25, 0.3) is 11.0 Å². The highest BCUT2D eigenvalue weighted by atomic mass is 16.5. The van der Waals surface area contributed by atoms with Crippen molar-refractivity contribution >= 4 is 34.0 Å². The van der Waals surface area contributed by atoms with Gasteiger partial charge in [-0.25, -0.2) is 4.99 Å². The standard InChI is InChI=1S/C21H19N3O2/c1-12-4-7-17-16(10-12)19(25)21(3)8-9-24(20(21)22-17)14-5-6-15-13(2)23-26-18(15)11-14/h4-7,10-11H,8-9H2,1-3H3/t21-/m0/s1. The molecule has 5 nitrogen and oxygen atoms in total. The molecule has 26 heavy (non-hydrogen) atoms. The molecule has 1 aromatic heterocycles. The lowest BCUT2D eigenvalue weighted by Gasteiger charge is -2.31. The Bertz CT molecular complexity index is 1110. The Kier molecular flexibility index (Phi) is 2.97. The van der Waals surface area contributed by atoms with Crippen LogP contribution < -0.4 is 4.90 Å². The van der Waals surface area contributed by atoms with Crippen molar-refractivity contribution in [2.45, 2.75) is 27.2 Å². The van der Waals surface area contributed by atoms with Crippen molar-refractivity contribution in [1.82, 2.24) is 5.16 Å². The van der Waals surface area contributed by atoms with Crippen LogP contribution in [0.1, 0.15) is 35.0 Å². The third kappa shape index (κ3) is 1.94. The lowest BCUT2D eigenvalue weighted by Crippen LogP contribution is -2.40. The fourth-order valence-corrected chi connectivity index (χ4v) is 4.06. The molecule has 2 aliphatic heterocycles. The van der Waals surface area contributed by atoms with Crippen molar-refractivity contribution in [3.05, 3.63) is 53.2 Å². The number of aliphatic imine (C=N–C) groups is 1. The number of ketones is 1. The Morgan fingerprint density at radius 2 is 2.00 bits per heavy atom. The van der Waals surface area contributed by atoms with Crippen molar-refractivity contribution in [3.8, 4) is 0 Å². The lowest BCUT2D eigenvalue weighted by atomic mass is 9.78. The minimum Gasteiger partial charge on any atom is -0.356 e. The van der Waals surface area contributed by atoms with Gasteiger partial charge in [-0.2, -0.15) is 0 Å². The molecular weight excluding hydrogens is 326 g/mol. The van der Waals surface area contributed by atoms with Crippen LogP contribution in [0.2, 0.25) is 0 Å². The zero-order valence-electron chi connectivity index (χ0n) is 15.0. The highest BCUT2D eigenvalue weighted by Gasteiger charge is 2.49. The van der Waals surface area contributed by atoms with Gasteiger partial charge in [0.05, 0.1) is 16.8 Å². The summed E-state index contributed by atoms with van der Waals surface area (Å²) in [5.41, 5.74) is 4.63. The second-order valence-electron chi connectivity index (χ2n) is 7.47. The molecule has 5 rings (SSSR count). The van der Waals surface area contributed by atoms with Crippen molar-refractivity contribution in [3.63, 3.8) is 0 Å². The van der Waals surface area contributed by atoms with E-state index in [4.69, 9.17) is 9.52 Å². The zero-order chi connectivity index (χ0) is 18.1. The fourth-order valence-electron chi connectivity index (χ4n) is 4.06. The molecule has 130 valence electrons. The van der Waals surface area contributed by atoms with Gasteiger partial charge in [0.25, 0.3) is 0 Å². The number of hydrogen-bond donors (Lipinski definition) is 0. The summed E-state index contributed by atoms with van der Waals surface area (Å²) in [5, 5.41) is 5.04. The highest BCUT2D eigenvalue weighted by molar-refractivity contribution is 6.25. The Morgan fingerprint density at radius 1 is 1.15 bits per heavy atom. The maximum absolute atomic E-state index is 13.2. The number of nitrogens with zero attached hydrogens (tertiary/aromatic N) is 3. The van der Waals surface area contributed by atoms with Gasteiger partial charge in [-0.1, -0.05) is 16.8 Å². The lowest BCUT2D eigenvalue weighted by molar-refractivity contribution is 0.0887. The number of aryl methyl sites for hydroxylation is 2. The minimum atomic E-state index is -0.576. The van der Waals surface area contributed by atoms with E-state index in [2.05, 4.69) is 16.1 Å². The van der Waals surface area contributed by atoms with Crippen LogP contribution in [0.4, 0.5) is 11.4 Å². The molecule has 0 spiro atoms. The highest BCUT2D eigenvalue weighted by Crippen LogP contribution is 2.45. The van der Waals surface area contributed by atoms with E-state index in [1.54, 1.807) is 0 Å². The van der Waals surface area contributed by atoms with Crippen LogP contribution in [0.15, 0.2) is 45.9 Å². The molecule has 0 N–H and O–H groups in total. The monoisotopic (exact) mass is 345 g/mol. The summed E-state index contributed by atoms with van der Waals surface area (Å²) in [5.74, 6) is 0.995. The summed E-state index contributed by atoms with van der Waals surface area (Å²) in [6.07, 6.45) is 0.755. The minimum absolute atomic E-state index is 0.167. The largest absolute Gasteiger partial charge is 0.356 e. The Balaban J connectivity index is 1.65. The molecule has 1 atom stereocenters. The number of amidine groups is 1. The summed E-state index contributed by atoms with van der Waals surface area (Å²) in [4.78, 5) is 20.3. The average Bonchev–Trinajstić information content (AvgIpc) is 3.17. The normalized spacial score (nSPS) is 21.7. The van der Waals surface area contributed by atoms with Gasteiger partial charge in [0.2, 0.25) is 0 Å². The van der Waals surface area contributed by atoms with E-state index >= 15 is 0 Å². The molecular formula is C21H19N3O2. The molecule has 1 saturated heterocycles. The first-order chi connectivity index (χ1) is 12.5. The van der Waals surface area contributed by atoms with Crippen molar-refractivity contribution in [1.29, 1.82) is 0 Å². The second kappa shape index (κ2) is 5.04. The molecule has 0 radical (unpaired) electrons. The fraction of sp³-hybridized carbons (Fsp3) is 0.286. The van der Waals surface area contributed by atoms with Crippen LogP contribution in [0.3, 0.4) is 0 Å². The van der Waals surface area contributed by atoms with Gasteiger partial charge in [-0.15, -0.1) is 0 Å². The van der Waals surface area contributed by atoms with Crippen molar-refractivity contribution in [2.24, 2.45) is 10.4 Å². The van der Waals surface area contributed by atoms with E-state index < -0.39 is 5.41 Å². The Labute approximate surface area is 151 Å². The van der Waals surface area contributed by atoms with Gasteiger partial charge >= 0.3 is 0 Å². The first-order valence-electron chi connectivity index (χ1n) is 8.85. The Hall–Kier alpha value is -2.95. The van der Waals surface area contributed by atoms with E-state index in [-0.39, 0.29) is 5.78 Å². The maximum atomic E-state index is 13.2. The summed E-state index contributed by atoms with van der Waals surface area (Å²) in [6.45, 7) is 6.70. The van der Waals surface area contributed by atoms with Crippen molar-refractivity contribution in [2.75, 3.05) is 11.4 Å². The molecule has 2 aliphatic rings. The van der Waals surface area contributed by atoms with Gasteiger partial charge in [-0.3, -0.25) is 4.79 Å². The van der Waals surface area contributed by atoms with Crippen molar-refractivity contribution < 1.29 is 9.32 Å². The topological polar surface area (TPSA) is 58.7 Å². The smallest absolute Gasteiger partial charge is 0.178 e. The predicted octanol–water partition coefficient (Wildman–Crippen LogP) is 4.59. The Morgan fingerprint density at radius 3 is 2.85 bits per heavy atom. The first-order valence-corrected chi connectivity index (χ1v) is 8.85. The second-order valence-corrected chi connectivity index (χ2v) is 7.47. The van der Waals surface area contributed by atoms with Crippen LogP contribution in [-0.4, -0.2) is 23.3 Å². The van der Waals surface area contributed by atoms with E-state index in [1.807, 2.05) is 51.1 Å². The number of anilines is 1. The van der Waals surface area contributed by atoms with Gasteiger partial charge in [0.15, 0.2) is 11.4 Å². The third-order valence-electron chi connectivity index (χ3n) is 5.66. The quantitative estimate of drug-likeness (QED) is 0.647. The van der Waals surface area contributed by atoms with Gasteiger partial charge in [0, 0.05) is 29.2 Å². The molecule has 1 fully saturated rings. The third-order valence-corrected chi connectivity index (χ3v) is 5.66. The maximum Gasteiger partial charge on any atom is 0.178 e. The van der Waals surface area contributed by atoms with E-state index in [0.29, 0.717) is 0 Å². The van der Waals surface area contributed by atoms with Crippen LogP contribution in [0, 0.1) is 19.3 Å². The van der Waals surface area contributed by atoms with Crippen LogP contribution in [-0.2, 0) is 0 Å². The molecule has 3 aromatic rings. The number of rotatable bonds is 1. The summed E-state index contributed by atoms with van der Waals surface area (Å²) >= 11 is 0. The van der Waals surface area contributed by atoms with Gasteiger partial charge < -0.3 is 9.42 Å². The molecule has 0 aliphatic carbocycles. The SMILES string of the molecule is Cc1ccc2c(c1)C(=O)[C@]1(C)CCN(c3ccc4c(C)noc4c3)C1=N2. The molecule has 0 amide bonds. The molecule has 0 saturated carbocycles. The van der Waals surface area contributed by atoms with Gasteiger partial charge in [-0.05, 0) is 51.5 Å². The first kappa shape index (κ1) is 15.3. The number of aromatic nitrogens is 1. The van der Waals surface area contributed by atoms with E-state index in [0.717, 1.165) is 58.0 Å². The van der Waals surface area contributed by atoms with Crippen LogP contribution >= 0.6 is 0 Å².